The molecular weight excluding hydrogens is 362 g/mol. The van der Waals surface area contributed by atoms with Crippen LogP contribution in [-0.4, -0.2) is 28.9 Å². The van der Waals surface area contributed by atoms with E-state index in [2.05, 4.69) is 15.5 Å². The zero-order valence-electron chi connectivity index (χ0n) is 15.4. The number of amides is 1. The molecule has 0 aliphatic rings. The van der Waals surface area contributed by atoms with E-state index in [1.165, 1.54) is 0 Å². The van der Waals surface area contributed by atoms with Crippen LogP contribution in [0.1, 0.15) is 25.6 Å². The van der Waals surface area contributed by atoms with Crippen LogP contribution in [0.15, 0.2) is 57.9 Å². The number of ether oxygens (including phenoxy) is 1. The molecular formula is C20H21N3O3S. The Bertz CT molecular complexity index is 907. The second-order valence-electron chi connectivity index (χ2n) is 6.17. The van der Waals surface area contributed by atoms with Crippen molar-refractivity contribution in [2.75, 3.05) is 18.2 Å². The van der Waals surface area contributed by atoms with Gasteiger partial charge in [-0.2, -0.15) is 4.98 Å². The minimum absolute atomic E-state index is 0.0693. The van der Waals surface area contributed by atoms with Crippen LogP contribution in [0, 0.1) is 0 Å². The van der Waals surface area contributed by atoms with Crippen LogP contribution in [0.25, 0.3) is 11.5 Å². The fraction of sp³-hybridized carbons (Fsp3) is 0.250. The molecule has 0 unspecified atom stereocenters. The molecule has 2 aromatic carbocycles. The van der Waals surface area contributed by atoms with E-state index < -0.39 is 0 Å². The topological polar surface area (TPSA) is 77.2 Å². The Morgan fingerprint density at radius 3 is 2.59 bits per heavy atom. The second-order valence-corrected chi connectivity index (χ2v) is 7.02. The fourth-order valence-electron chi connectivity index (χ4n) is 2.36. The van der Waals surface area contributed by atoms with Gasteiger partial charge in [-0.3, -0.25) is 4.79 Å². The van der Waals surface area contributed by atoms with E-state index in [9.17, 15) is 4.79 Å². The second kappa shape index (κ2) is 8.73. The quantitative estimate of drug-likeness (QED) is 0.601. The highest BCUT2D eigenvalue weighted by Crippen LogP contribution is 2.25. The Morgan fingerprint density at radius 2 is 1.93 bits per heavy atom. The highest BCUT2D eigenvalue weighted by Gasteiger charge is 2.12. The lowest BCUT2D eigenvalue weighted by Gasteiger charge is -2.10. The zero-order valence-corrected chi connectivity index (χ0v) is 16.2. The van der Waals surface area contributed by atoms with Crippen molar-refractivity contribution in [3.8, 4) is 17.2 Å². The number of para-hydroxylation sites is 1. The maximum Gasteiger partial charge on any atom is 0.262 e. The fourth-order valence-corrected chi connectivity index (χ4v) is 2.92. The third kappa shape index (κ3) is 4.89. The first-order valence-electron chi connectivity index (χ1n) is 8.56. The summed E-state index contributed by atoms with van der Waals surface area (Å²) in [5.41, 5.74) is 1.59. The molecule has 1 heterocycles. The van der Waals surface area contributed by atoms with Gasteiger partial charge in [0.2, 0.25) is 0 Å². The summed E-state index contributed by atoms with van der Waals surface area (Å²) >= 11 is 1.58. The van der Waals surface area contributed by atoms with Crippen molar-refractivity contribution in [2.45, 2.75) is 24.7 Å². The zero-order chi connectivity index (χ0) is 19.2. The van der Waals surface area contributed by atoms with E-state index in [4.69, 9.17) is 9.26 Å². The van der Waals surface area contributed by atoms with Gasteiger partial charge in [0.1, 0.15) is 5.75 Å². The number of carbonyl (C=O) groups is 1. The predicted molar refractivity (Wildman–Crippen MR) is 106 cm³/mol. The maximum atomic E-state index is 12.1. The van der Waals surface area contributed by atoms with Crippen LogP contribution in [0.2, 0.25) is 0 Å². The molecule has 1 amide bonds. The summed E-state index contributed by atoms with van der Waals surface area (Å²) in [5.74, 6) is 1.73. The molecule has 0 spiro atoms. The lowest BCUT2D eigenvalue weighted by molar-refractivity contribution is -0.118. The third-order valence-electron chi connectivity index (χ3n) is 3.81. The maximum absolute atomic E-state index is 12.1. The molecule has 0 atom stereocenters. The van der Waals surface area contributed by atoms with Crippen molar-refractivity contribution >= 4 is 23.4 Å². The van der Waals surface area contributed by atoms with E-state index in [-0.39, 0.29) is 18.4 Å². The summed E-state index contributed by atoms with van der Waals surface area (Å²) in [6, 6.07) is 14.9. The van der Waals surface area contributed by atoms with Crippen molar-refractivity contribution in [1.82, 2.24) is 10.1 Å². The Balaban J connectivity index is 1.57. The number of hydrogen-bond donors (Lipinski definition) is 1. The number of hydrogen-bond acceptors (Lipinski definition) is 6. The minimum atomic E-state index is -0.209. The number of benzene rings is 2. The standard InChI is InChI=1S/C20H21N3O3S/c1-13(2)19-22-20(26-23-19)14-8-10-15(11-9-14)25-12-18(24)21-16-6-4-5-7-17(16)27-3/h4-11,13H,12H2,1-3H3,(H,21,24). The number of nitrogens with zero attached hydrogens (tertiary/aromatic N) is 2. The summed E-state index contributed by atoms with van der Waals surface area (Å²) in [6.07, 6.45) is 1.97. The Hall–Kier alpha value is -2.80. The van der Waals surface area contributed by atoms with Gasteiger partial charge in [-0.25, -0.2) is 0 Å². The summed E-state index contributed by atoms with van der Waals surface area (Å²) in [7, 11) is 0. The van der Waals surface area contributed by atoms with Crippen LogP contribution in [0.4, 0.5) is 5.69 Å². The average molecular weight is 383 g/mol. The molecule has 7 heteroatoms. The van der Waals surface area contributed by atoms with Crippen molar-refractivity contribution in [3.05, 3.63) is 54.4 Å². The van der Waals surface area contributed by atoms with E-state index in [1.807, 2.05) is 56.5 Å². The van der Waals surface area contributed by atoms with E-state index >= 15 is 0 Å². The van der Waals surface area contributed by atoms with Crippen LogP contribution >= 0.6 is 11.8 Å². The average Bonchev–Trinajstić information content (AvgIpc) is 3.18. The van der Waals surface area contributed by atoms with Crippen LogP contribution < -0.4 is 10.1 Å². The van der Waals surface area contributed by atoms with Gasteiger partial charge in [0, 0.05) is 16.4 Å². The van der Waals surface area contributed by atoms with E-state index in [0.29, 0.717) is 17.5 Å². The van der Waals surface area contributed by atoms with Crippen molar-refractivity contribution < 1.29 is 14.1 Å². The molecule has 0 saturated carbocycles. The van der Waals surface area contributed by atoms with Gasteiger partial charge in [-0.1, -0.05) is 31.1 Å². The molecule has 3 rings (SSSR count). The highest BCUT2D eigenvalue weighted by molar-refractivity contribution is 7.98. The molecule has 0 aliphatic heterocycles. The van der Waals surface area contributed by atoms with E-state index in [1.54, 1.807) is 23.9 Å². The van der Waals surface area contributed by atoms with Crippen LogP contribution in [0.3, 0.4) is 0 Å². The minimum Gasteiger partial charge on any atom is -0.484 e. The lowest BCUT2D eigenvalue weighted by atomic mass is 10.2. The summed E-state index contributed by atoms with van der Waals surface area (Å²) in [5, 5.41) is 6.82. The van der Waals surface area contributed by atoms with Gasteiger partial charge in [-0.15, -0.1) is 11.8 Å². The van der Waals surface area contributed by atoms with E-state index in [0.717, 1.165) is 16.1 Å². The monoisotopic (exact) mass is 383 g/mol. The molecule has 6 nitrogen and oxygen atoms in total. The van der Waals surface area contributed by atoms with Gasteiger partial charge < -0.3 is 14.6 Å². The molecule has 0 bridgehead atoms. The predicted octanol–water partition coefficient (Wildman–Crippen LogP) is 4.60. The molecule has 1 N–H and O–H groups in total. The number of thioether (sulfide) groups is 1. The Kier molecular flexibility index (Phi) is 6.13. The first kappa shape index (κ1) is 19.0. The Morgan fingerprint density at radius 1 is 1.19 bits per heavy atom. The van der Waals surface area contributed by atoms with Gasteiger partial charge in [0.15, 0.2) is 12.4 Å². The van der Waals surface area contributed by atoms with Crippen LogP contribution in [0.5, 0.6) is 5.75 Å². The number of aromatic nitrogens is 2. The highest BCUT2D eigenvalue weighted by atomic mass is 32.2. The molecule has 0 fully saturated rings. The smallest absolute Gasteiger partial charge is 0.262 e. The molecule has 1 aromatic heterocycles. The SMILES string of the molecule is CSc1ccccc1NC(=O)COc1ccc(-c2nc(C(C)C)no2)cc1. The molecule has 3 aromatic rings. The summed E-state index contributed by atoms with van der Waals surface area (Å²) in [6.45, 7) is 3.95. The number of anilines is 1. The first-order chi connectivity index (χ1) is 13.1. The number of nitrogens with one attached hydrogen (secondary N) is 1. The van der Waals surface area contributed by atoms with Crippen molar-refractivity contribution in [3.63, 3.8) is 0 Å². The first-order valence-corrected chi connectivity index (χ1v) is 9.79. The van der Waals surface area contributed by atoms with Gasteiger partial charge in [0.25, 0.3) is 11.8 Å². The molecule has 0 aliphatic carbocycles. The number of rotatable bonds is 7. The molecule has 27 heavy (non-hydrogen) atoms. The molecule has 0 radical (unpaired) electrons. The normalized spacial score (nSPS) is 10.8. The van der Waals surface area contributed by atoms with Crippen molar-refractivity contribution in [1.29, 1.82) is 0 Å². The van der Waals surface area contributed by atoms with Crippen molar-refractivity contribution in [2.24, 2.45) is 0 Å². The largest absolute Gasteiger partial charge is 0.484 e. The van der Waals surface area contributed by atoms with Crippen LogP contribution in [-0.2, 0) is 4.79 Å². The lowest BCUT2D eigenvalue weighted by Crippen LogP contribution is -2.20. The number of carbonyl (C=O) groups excluding carboxylic acids is 1. The van der Waals surface area contributed by atoms with Gasteiger partial charge >= 0.3 is 0 Å². The Labute approximate surface area is 162 Å². The third-order valence-corrected chi connectivity index (χ3v) is 4.61. The summed E-state index contributed by atoms with van der Waals surface area (Å²) in [4.78, 5) is 17.5. The summed E-state index contributed by atoms with van der Waals surface area (Å²) < 4.78 is 10.8. The van der Waals surface area contributed by atoms with Gasteiger partial charge in [0.05, 0.1) is 5.69 Å². The molecule has 0 saturated heterocycles. The van der Waals surface area contributed by atoms with Gasteiger partial charge in [-0.05, 0) is 42.7 Å². The molecule has 140 valence electrons.